The molecule has 2 rings (SSSR count). The summed E-state index contributed by atoms with van der Waals surface area (Å²) in [5.74, 6) is 2.85. The molecule has 0 spiro atoms. The van der Waals surface area contributed by atoms with Gasteiger partial charge < -0.3 is 14.5 Å². The van der Waals surface area contributed by atoms with Gasteiger partial charge >= 0.3 is 0 Å². The molecule has 0 fully saturated rings. The SMILES string of the molecule is CCOc1ccc(NC(=NCC(C)C)c2ccco2)cc1. The minimum Gasteiger partial charge on any atom is -0.494 e. The Kier molecular flexibility index (Phi) is 5.43. The van der Waals surface area contributed by atoms with Gasteiger partial charge in [0.15, 0.2) is 11.6 Å². The van der Waals surface area contributed by atoms with E-state index in [9.17, 15) is 0 Å². The van der Waals surface area contributed by atoms with Gasteiger partial charge in [0.1, 0.15) is 5.75 Å². The molecular formula is C17H22N2O2. The number of nitrogens with zero attached hydrogens (tertiary/aromatic N) is 1. The fourth-order valence-corrected chi connectivity index (χ4v) is 1.80. The number of rotatable bonds is 6. The van der Waals surface area contributed by atoms with Gasteiger partial charge in [-0.2, -0.15) is 0 Å². The second-order valence-corrected chi connectivity index (χ2v) is 5.14. The first-order valence-corrected chi connectivity index (χ1v) is 7.27. The third-order valence-electron chi connectivity index (χ3n) is 2.80. The van der Waals surface area contributed by atoms with Crippen LogP contribution in [0.2, 0.25) is 0 Å². The molecule has 0 aliphatic heterocycles. The zero-order valence-corrected chi connectivity index (χ0v) is 12.8. The highest BCUT2D eigenvalue weighted by molar-refractivity contribution is 6.06. The first-order valence-electron chi connectivity index (χ1n) is 7.27. The van der Waals surface area contributed by atoms with Crippen molar-refractivity contribution in [2.24, 2.45) is 10.9 Å². The van der Waals surface area contributed by atoms with Crippen molar-refractivity contribution in [2.45, 2.75) is 20.8 Å². The molecule has 1 aromatic heterocycles. The fraction of sp³-hybridized carbons (Fsp3) is 0.353. The van der Waals surface area contributed by atoms with Crippen molar-refractivity contribution in [3.63, 3.8) is 0 Å². The number of hydrogen-bond donors (Lipinski definition) is 1. The van der Waals surface area contributed by atoms with Gasteiger partial charge in [-0.3, -0.25) is 4.99 Å². The highest BCUT2D eigenvalue weighted by atomic mass is 16.5. The van der Waals surface area contributed by atoms with E-state index in [1.165, 1.54) is 0 Å². The van der Waals surface area contributed by atoms with Crippen LogP contribution < -0.4 is 10.1 Å². The maximum atomic E-state index is 5.44. The number of furan rings is 1. The van der Waals surface area contributed by atoms with Gasteiger partial charge in [-0.05, 0) is 49.2 Å². The van der Waals surface area contributed by atoms with Crippen LogP contribution in [0.15, 0.2) is 52.1 Å². The molecule has 0 amide bonds. The van der Waals surface area contributed by atoms with Gasteiger partial charge in [-0.1, -0.05) is 13.8 Å². The van der Waals surface area contributed by atoms with Crippen LogP contribution in [0.25, 0.3) is 0 Å². The topological polar surface area (TPSA) is 46.8 Å². The van der Waals surface area contributed by atoms with E-state index in [4.69, 9.17) is 9.15 Å². The maximum Gasteiger partial charge on any atom is 0.169 e. The summed E-state index contributed by atoms with van der Waals surface area (Å²) >= 11 is 0. The molecule has 1 aromatic carbocycles. The van der Waals surface area contributed by atoms with E-state index in [0.29, 0.717) is 12.5 Å². The molecule has 0 aliphatic carbocycles. The maximum absolute atomic E-state index is 5.44. The Balaban J connectivity index is 2.13. The third-order valence-corrected chi connectivity index (χ3v) is 2.80. The van der Waals surface area contributed by atoms with Crippen molar-refractivity contribution in [3.05, 3.63) is 48.4 Å². The minimum atomic E-state index is 0.497. The van der Waals surface area contributed by atoms with Gasteiger partial charge in [0.2, 0.25) is 0 Å². The number of hydrogen-bond acceptors (Lipinski definition) is 3. The third kappa shape index (κ3) is 4.67. The Morgan fingerprint density at radius 1 is 1.24 bits per heavy atom. The molecule has 0 atom stereocenters. The lowest BCUT2D eigenvalue weighted by molar-refractivity contribution is 0.340. The van der Waals surface area contributed by atoms with E-state index in [0.717, 1.165) is 29.6 Å². The quantitative estimate of drug-likeness (QED) is 0.639. The number of nitrogens with one attached hydrogen (secondary N) is 1. The van der Waals surface area contributed by atoms with Crippen LogP contribution in [-0.2, 0) is 0 Å². The first-order chi connectivity index (χ1) is 10.2. The Labute approximate surface area is 125 Å². The zero-order valence-electron chi connectivity index (χ0n) is 12.8. The summed E-state index contributed by atoms with van der Waals surface area (Å²) in [6.07, 6.45) is 1.65. The van der Waals surface area contributed by atoms with Crippen molar-refractivity contribution in [3.8, 4) is 5.75 Å². The molecule has 4 heteroatoms. The van der Waals surface area contributed by atoms with E-state index in [-0.39, 0.29) is 0 Å². The van der Waals surface area contributed by atoms with Gasteiger partial charge in [0.05, 0.1) is 12.9 Å². The second kappa shape index (κ2) is 7.53. The molecule has 0 bridgehead atoms. The van der Waals surface area contributed by atoms with Crippen LogP contribution in [0.4, 0.5) is 5.69 Å². The van der Waals surface area contributed by atoms with Crippen molar-refractivity contribution in [2.75, 3.05) is 18.5 Å². The number of anilines is 1. The molecule has 0 saturated carbocycles. The smallest absolute Gasteiger partial charge is 0.169 e. The van der Waals surface area contributed by atoms with Crippen LogP contribution >= 0.6 is 0 Å². The van der Waals surface area contributed by atoms with Crippen molar-refractivity contribution >= 4 is 11.5 Å². The summed E-state index contributed by atoms with van der Waals surface area (Å²) < 4.78 is 10.9. The van der Waals surface area contributed by atoms with Crippen LogP contribution in [0.1, 0.15) is 26.5 Å². The summed E-state index contributed by atoms with van der Waals surface area (Å²) in [5, 5.41) is 3.31. The lowest BCUT2D eigenvalue weighted by Gasteiger charge is -2.10. The number of aliphatic imine (C=N–C) groups is 1. The summed E-state index contributed by atoms with van der Waals surface area (Å²) in [6.45, 7) is 7.67. The summed E-state index contributed by atoms with van der Waals surface area (Å²) in [7, 11) is 0. The highest BCUT2D eigenvalue weighted by Crippen LogP contribution is 2.17. The Bertz CT molecular complexity index is 557. The van der Waals surface area contributed by atoms with E-state index in [1.54, 1.807) is 6.26 Å². The number of benzene rings is 1. The number of amidine groups is 1. The molecule has 1 heterocycles. The Morgan fingerprint density at radius 2 is 2.00 bits per heavy atom. The lowest BCUT2D eigenvalue weighted by Crippen LogP contribution is -2.14. The molecular weight excluding hydrogens is 264 g/mol. The van der Waals surface area contributed by atoms with Crippen molar-refractivity contribution < 1.29 is 9.15 Å². The summed E-state index contributed by atoms with van der Waals surface area (Å²) in [4.78, 5) is 4.60. The van der Waals surface area contributed by atoms with Crippen LogP contribution in [0, 0.1) is 5.92 Å². The Morgan fingerprint density at radius 3 is 2.57 bits per heavy atom. The summed E-state index contributed by atoms with van der Waals surface area (Å²) in [5.41, 5.74) is 0.956. The first kappa shape index (κ1) is 15.2. The van der Waals surface area contributed by atoms with E-state index < -0.39 is 0 Å². The average molecular weight is 286 g/mol. The van der Waals surface area contributed by atoms with Gasteiger partial charge in [-0.15, -0.1) is 0 Å². The number of ether oxygens (including phenoxy) is 1. The predicted octanol–water partition coefficient (Wildman–Crippen LogP) is 4.19. The fourth-order valence-electron chi connectivity index (χ4n) is 1.80. The molecule has 0 radical (unpaired) electrons. The average Bonchev–Trinajstić information content (AvgIpc) is 2.99. The van der Waals surface area contributed by atoms with Gasteiger partial charge in [0.25, 0.3) is 0 Å². The van der Waals surface area contributed by atoms with E-state index in [2.05, 4.69) is 24.2 Å². The van der Waals surface area contributed by atoms with E-state index >= 15 is 0 Å². The Hall–Kier alpha value is -2.23. The molecule has 1 N–H and O–H groups in total. The normalized spacial score (nSPS) is 11.7. The van der Waals surface area contributed by atoms with E-state index in [1.807, 2.05) is 43.3 Å². The van der Waals surface area contributed by atoms with Gasteiger partial charge in [-0.25, -0.2) is 0 Å². The van der Waals surface area contributed by atoms with Crippen LogP contribution in [-0.4, -0.2) is 19.0 Å². The largest absolute Gasteiger partial charge is 0.494 e. The van der Waals surface area contributed by atoms with Crippen molar-refractivity contribution in [1.82, 2.24) is 0 Å². The zero-order chi connectivity index (χ0) is 15.1. The molecule has 4 nitrogen and oxygen atoms in total. The molecule has 2 aromatic rings. The minimum absolute atomic E-state index is 0.497. The van der Waals surface area contributed by atoms with Gasteiger partial charge in [0, 0.05) is 12.2 Å². The van der Waals surface area contributed by atoms with Crippen molar-refractivity contribution in [1.29, 1.82) is 0 Å². The summed E-state index contributed by atoms with van der Waals surface area (Å²) in [6, 6.07) is 11.6. The molecule has 112 valence electrons. The van der Waals surface area contributed by atoms with Crippen LogP contribution in [0.3, 0.4) is 0 Å². The highest BCUT2D eigenvalue weighted by Gasteiger charge is 2.07. The monoisotopic (exact) mass is 286 g/mol. The predicted molar refractivity (Wildman–Crippen MR) is 86.2 cm³/mol. The molecule has 0 saturated heterocycles. The molecule has 21 heavy (non-hydrogen) atoms. The lowest BCUT2D eigenvalue weighted by atomic mass is 10.2. The molecule has 0 unspecified atom stereocenters. The standard InChI is InChI=1S/C17H22N2O2/c1-4-20-15-9-7-14(8-10-15)19-17(18-12-13(2)3)16-6-5-11-21-16/h5-11,13H,4,12H2,1-3H3,(H,18,19). The van der Waals surface area contributed by atoms with Crippen LogP contribution in [0.5, 0.6) is 5.75 Å². The molecule has 0 aliphatic rings. The second-order valence-electron chi connectivity index (χ2n) is 5.14.